The molecule has 7 heteroatoms. The third-order valence-electron chi connectivity index (χ3n) is 5.48. The Bertz CT molecular complexity index is 951. The summed E-state index contributed by atoms with van der Waals surface area (Å²) in [5.74, 6) is -0.112. The van der Waals surface area contributed by atoms with Crippen LogP contribution < -0.4 is 16.0 Å². The Morgan fingerprint density at radius 3 is 2.57 bits per heavy atom. The Hall–Kier alpha value is -2.73. The van der Waals surface area contributed by atoms with Gasteiger partial charge in [0.2, 0.25) is 0 Å². The number of fused-ring (bicyclic) bond motifs is 1. The number of aryl methyl sites for hydroxylation is 2. The van der Waals surface area contributed by atoms with Gasteiger partial charge in [-0.1, -0.05) is 29.3 Å². The van der Waals surface area contributed by atoms with Crippen LogP contribution in [0.3, 0.4) is 0 Å². The van der Waals surface area contributed by atoms with Crippen LogP contribution in [0.25, 0.3) is 0 Å². The SMILES string of the molecule is Cc1ccc(NC(=O)N2CCC3(CC2)NC(=O)c2ccc(Cl)cc2N3)c(C)c1. The number of benzene rings is 2. The van der Waals surface area contributed by atoms with Crippen LogP contribution in [-0.2, 0) is 0 Å². The van der Waals surface area contributed by atoms with Crippen molar-refractivity contribution in [2.24, 2.45) is 0 Å². The maximum absolute atomic E-state index is 12.7. The summed E-state index contributed by atoms with van der Waals surface area (Å²) in [4.78, 5) is 27.0. The average molecular weight is 399 g/mol. The fraction of sp³-hybridized carbons (Fsp3) is 0.333. The van der Waals surface area contributed by atoms with Crippen LogP contribution in [-0.4, -0.2) is 35.6 Å². The minimum absolute atomic E-state index is 0.112. The van der Waals surface area contributed by atoms with Gasteiger partial charge in [-0.3, -0.25) is 4.79 Å². The molecule has 2 aromatic carbocycles. The minimum atomic E-state index is -0.550. The lowest BCUT2D eigenvalue weighted by molar-refractivity contribution is 0.0852. The lowest BCUT2D eigenvalue weighted by Crippen LogP contribution is -2.63. The van der Waals surface area contributed by atoms with E-state index in [2.05, 4.69) is 16.0 Å². The molecule has 146 valence electrons. The fourth-order valence-electron chi connectivity index (χ4n) is 3.88. The molecule has 1 spiro atoms. The molecule has 0 atom stereocenters. The molecule has 2 aromatic rings. The molecule has 0 radical (unpaired) electrons. The highest BCUT2D eigenvalue weighted by molar-refractivity contribution is 6.31. The molecule has 0 aromatic heterocycles. The Labute approximate surface area is 169 Å². The Kier molecular flexibility index (Phi) is 4.67. The molecule has 2 aliphatic heterocycles. The van der Waals surface area contributed by atoms with E-state index >= 15 is 0 Å². The molecule has 2 aliphatic rings. The van der Waals surface area contributed by atoms with Crippen molar-refractivity contribution in [1.29, 1.82) is 0 Å². The number of piperidine rings is 1. The second-order valence-corrected chi connectivity index (χ2v) is 8.02. The highest BCUT2D eigenvalue weighted by atomic mass is 35.5. The van der Waals surface area contributed by atoms with Gasteiger partial charge in [0.25, 0.3) is 5.91 Å². The Morgan fingerprint density at radius 1 is 1.11 bits per heavy atom. The molecule has 0 bridgehead atoms. The van der Waals surface area contributed by atoms with Gasteiger partial charge in [0.1, 0.15) is 5.66 Å². The first-order valence-corrected chi connectivity index (χ1v) is 9.76. The number of nitrogens with one attached hydrogen (secondary N) is 3. The smallest absolute Gasteiger partial charge is 0.321 e. The number of hydrogen-bond donors (Lipinski definition) is 3. The number of likely N-dealkylation sites (tertiary alicyclic amines) is 1. The average Bonchev–Trinajstić information content (AvgIpc) is 2.64. The zero-order chi connectivity index (χ0) is 19.9. The third kappa shape index (κ3) is 3.52. The van der Waals surface area contributed by atoms with Crippen molar-refractivity contribution in [2.45, 2.75) is 32.4 Å². The zero-order valence-electron chi connectivity index (χ0n) is 15.9. The van der Waals surface area contributed by atoms with Gasteiger partial charge in [-0.05, 0) is 43.7 Å². The van der Waals surface area contributed by atoms with E-state index in [9.17, 15) is 9.59 Å². The van der Waals surface area contributed by atoms with Crippen molar-refractivity contribution in [1.82, 2.24) is 10.2 Å². The number of urea groups is 1. The summed E-state index contributed by atoms with van der Waals surface area (Å²) in [5.41, 5.74) is 3.80. The molecule has 4 rings (SSSR count). The van der Waals surface area contributed by atoms with Gasteiger partial charge in [-0.15, -0.1) is 0 Å². The van der Waals surface area contributed by atoms with Gasteiger partial charge >= 0.3 is 6.03 Å². The number of anilines is 2. The quantitative estimate of drug-likeness (QED) is 0.676. The number of rotatable bonds is 1. The van der Waals surface area contributed by atoms with Gasteiger partial charge in [0.15, 0.2) is 0 Å². The van der Waals surface area contributed by atoms with Gasteiger partial charge in [-0.2, -0.15) is 0 Å². The summed E-state index contributed by atoms with van der Waals surface area (Å²) in [6.07, 6.45) is 1.23. The second-order valence-electron chi connectivity index (χ2n) is 7.59. The summed E-state index contributed by atoms with van der Waals surface area (Å²) < 4.78 is 0. The Balaban J connectivity index is 1.43. The molecule has 2 heterocycles. The summed E-state index contributed by atoms with van der Waals surface area (Å²) in [6.45, 7) is 5.09. The van der Waals surface area contributed by atoms with Crippen molar-refractivity contribution in [3.8, 4) is 0 Å². The molecule has 28 heavy (non-hydrogen) atoms. The van der Waals surface area contributed by atoms with Crippen molar-refractivity contribution >= 4 is 34.9 Å². The number of carbonyl (C=O) groups excluding carboxylic acids is 2. The van der Waals surface area contributed by atoms with Crippen LogP contribution in [0.1, 0.15) is 34.3 Å². The lowest BCUT2D eigenvalue weighted by Gasteiger charge is -2.45. The summed E-state index contributed by atoms with van der Waals surface area (Å²) in [7, 11) is 0. The topological polar surface area (TPSA) is 73.5 Å². The normalized spacial score (nSPS) is 17.5. The van der Waals surface area contributed by atoms with Gasteiger partial charge in [0, 0.05) is 36.6 Å². The summed E-state index contributed by atoms with van der Waals surface area (Å²) >= 11 is 6.08. The van der Waals surface area contributed by atoms with Crippen LogP contribution in [0, 0.1) is 13.8 Å². The number of halogens is 1. The number of nitrogens with zero attached hydrogens (tertiary/aromatic N) is 1. The molecule has 3 N–H and O–H groups in total. The lowest BCUT2D eigenvalue weighted by atomic mass is 9.92. The monoisotopic (exact) mass is 398 g/mol. The molecule has 0 unspecified atom stereocenters. The van der Waals surface area contributed by atoms with Gasteiger partial charge in [0.05, 0.1) is 11.3 Å². The van der Waals surface area contributed by atoms with Gasteiger partial charge < -0.3 is 20.9 Å². The molecule has 0 aliphatic carbocycles. The standard InChI is InChI=1S/C21H23ClN4O2/c1-13-3-6-17(14(2)11-13)23-20(28)26-9-7-21(8-10-26)24-18-12-15(22)4-5-16(18)19(27)25-21/h3-6,11-12,24H,7-10H2,1-2H3,(H,23,28)(H,25,27). The molecule has 3 amide bonds. The van der Waals surface area contributed by atoms with Crippen molar-refractivity contribution < 1.29 is 9.59 Å². The third-order valence-corrected chi connectivity index (χ3v) is 5.72. The molecule has 1 fully saturated rings. The van der Waals surface area contributed by atoms with Crippen molar-refractivity contribution in [3.05, 3.63) is 58.1 Å². The predicted molar refractivity (Wildman–Crippen MR) is 111 cm³/mol. The van der Waals surface area contributed by atoms with Crippen molar-refractivity contribution in [3.63, 3.8) is 0 Å². The predicted octanol–water partition coefficient (Wildman–Crippen LogP) is 4.14. The summed E-state index contributed by atoms with van der Waals surface area (Å²) in [6, 6.07) is 11.0. The van der Waals surface area contributed by atoms with E-state index in [-0.39, 0.29) is 11.9 Å². The summed E-state index contributed by atoms with van der Waals surface area (Å²) in [5, 5.41) is 10.1. The maximum Gasteiger partial charge on any atom is 0.321 e. The van der Waals surface area contributed by atoms with E-state index in [1.165, 1.54) is 0 Å². The van der Waals surface area contributed by atoms with Crippen molar-refractivity contribution in [2.75, 3.05) is 23.7 Å². The second kappa shape index (κ2) is 7.02. The largest absolute Gasteiger partial charge is 0.362 e. The molecule has 6 nitrogen and oxygen atoms in total. The molecular formula is C21H23ClN4O2. The first kappa shape index (κ1) is 18.6. The van der Waals surface area contributed by atoms with E-state index in [1.807, 2.05) is 32.0 Å². The number of hydrogen-bond acceptors (Lipinski definition) is 3. The molecule has 1 saturated heterocycles. The van der Waals surface area contributed by atoms with Crippen LogP contribution in [0.4, 0.5) is 16.2 Å². The van der Waals surface area contributed by atoms with Crippen LogP contribution in [0.2, 0.25) is 5.02 Å². The van der Waals surface area contributed by atoms with Crippen LogP contribution in [0.15, 0.2) is 36.4 Å². The van der Waals surface area contributed by atoms with E-state index in [0.717, 1.165) is 22.5 Å². The molecule has 0 saturated carbocycles. The first-order chi connectivity index (χ1) is 13.3. The van der Waals surface area contributed by atoms with Crippen LogP contribution in [0.5, 0.6) is 0 Å². The minimum Gasteiger partial charge on any atom is -0.362 e. The zero-order valence-corrected chi connectivity index (χ0v) is 16.7. The first-order valence-electron chi connectivity index (χ1n) is 9.39. The van der Waals surface area contributed by atoms with E-state index in [0.29, 0.717) is 36.5 Å². The maximum atomic E-state index is 12.7. The number of carbonyl (C=O) groups is 2. The van der Waals surface area contributed by atoms with Gasteiger partial charge in [-0.25, -0.2) is 4.79 Å². The highest BCUT2D eigenvalue weighted by Gasteiger charge is 2.41. The van der Waals surface area contributed by atoms with E-state index < -0.39 is 5.66 Å². The van der Waals surface area contributed by atoms with E-state index in [4.69, 9.17) is 11.6 Å². The Morgan fingerprint density at radius 2 is 1.86 bits per heavy atom. The molecular weight excluding hydrogens is 376 g/mol. The van der Waals surface area contributed by atoms with E-state index in [1.54, 1.807) is 23.1 Å². The fourth-order valence-corrected chi connectivity index (χ4v) is 4.05. The number of amides is 3. The van der Waals surface area contributed by atoms with Crippen LogP contribution >= 0.6 is 11.6 Å². The highest BCUT2D eigenvalue weighted by Crippen LogP contribution is 2.33.